The summed E-state index contributed by atoms with van der Waals surface area (Å²) in [6, 6.07) is 11.7. The van der Waals surface area contributed by atoms with Crippen LogP contribution >= 0.6 is 0 Å². The van der Waals surface area contributed by atoms with Crippen LogP contribution in [0.25, 0.3) is 10.8 Å². The Balaban J connectivity index is 1.88. The number of nitrogens with zero attached hydrogens (tertiary/aromatic N) is 2. The number of benzene rings is 2. The summed E-state index contributed by atoms with van der Waals surface area (Å²) in [5.41, 5.74) is 4.27. The van der Waals surface area contributed by atoms with Crippen LogP contribution in [0.5, 0.6) is 0 Å². The van der Waals surface area contributed by atoms with Gasteiger partial charge in [0.05, 0.1) is 5.39 Å². The Hall–Kier alpha value is -3.55. The van der Waals surface area contributed by atoms with Crippen molar-refractivity contribution in [3.05, 3.63) is 76.0 Å². The summed E-state index contributed by atoms with van der Waals surface area (Å²) < 4.78 is 14.4. The van der Waals surface area contributed by atoms with Crippen LogP contribution in [0.1, 0.15) is 34.2 Å². The monoisotopic (exact) mass is 368 g/mol. The molecule has 0 saturated carbocycles. The number of hydrogen-bond acceptors (Lipinski definition) is 4. The van der Waals surface area contributed by atoms with E-state index >= 15 is 0 Å². The van der Waals surface area contributed by atoms with Gasteiger partial charge in [-0.25, -0.2) is 9.07 Å². The van der Waals surface area contributed by atoms with Crippen LogP contribution in [0.15, 0.2) is 53.3 Å². The predicted molar refractivity (Wildman–Crippen MR) is 97.6 cm³/mol. The Morgan fingerprint density at radius 3 is 2.44 bits per heavy atom. The second-order valence-corrected chi connectivity index (χ2v) is 5.84. The zero-order valence-electron chi connectivity index (χ0n) is 14.5. The number of aryl methyl sites for hydroxylation is 1. The van der Waals surface area contributed by atoms with Crippen LogP contribution in [0, 0.1) is 5.82 Å². The van der Waals surface area contributed by atoms with Gasteiger partial charge in [-0.1, -0.05) is 31.2 Å². The minimum absolute atomic E-state index is 0.0122. The number of hydrazine groups is 1. The summed E-state index contributed by atoms with van der Waals surface area (Å²) in [5, 5.41) is 4.88. The van der Waals surface area contributed by atoms with E-state index in [4.69, 9.17) is 0 Å². The van der Waals surface area contributed by atoms with E-state index in [9.17, 15) is 18.8 Å². The number of halogens is 1. The van der Waals surface area contributed by atoms with Crippen LogP contribution in [-0.4, -0.2) is 21.6 Å². The molecule has 0 bridgehead atoms. The highest BCUT2D eigenvalue weighted by Crippen LogP contribution is 2.13. The molecular formula is C19H17FN4O3. The molecular weight excluding hydrogens is 351 g/mol. The molecule has 0 unspecified atom stereocenters. The Bertz CT molecular complexity index is 1080. The van der Waals surface area contributed by atoms with Gasteiger partial charge in [0.25, 0.3) is 17.4 Å². The van der Waals surface area contributed by atoms with Crippen LogP contribution < -0.4 is 16.4 Å². The molecule has 0 fully saturated rings. The van der Waals surface area contributed by atoms with E-state index in [1.165, 1.54) is 22.9 Å². The molecule has 3 rings (SSSR count). The average molecular weight is 368 g/mol. The smallest absolute Gasteiger partial charge is 0.267 e. The first-order valence-corrected chi connectivity index (χ1v) is 8.37. The maximum Gasteiger partial charge on any atom is 0.290 e. The van der Waals surface area contributed by atoms with Crippen molar-refractivity contribution in [2.75, 3.05) is 0 Å². The van der Waals surface area contributed by atoms with Crippen molar-refractivity contribution >= 4 is 22.6 Å². The fourth-order valence-electron chi connectivity index (χ4n) is 2.64. The summed E-state index contributed by atoms with van der Waals surface area (Å²) in [4.78, 5) is 37.0. The van der Waals surface area contributed by atoms with Crippen molar-refractivity contribution in [3.63, 3.8) is 0 Å². The van der Waals surface area contributed by atoms with Crippen molar-refractivity contribution in [1.29, 1.82) is 0 Å². The topological polar surface area (TPSA) is 93.1 Å². The molecule has 1 aromatic heterocycles. The van der Waals surface area contributed by atoms with Gasteiger partial charge < -0.3 is 0 Å². The lowest BCUT2D eigenvalue weighted by Gasteiger charge is -2.11. The van der Waals surface area contributed by atoms with Crippen LogP contribution in [-0.2, 0) is 6.54 Å². The number of carbonyl (C=O) groups excluding carboxylic acids is 2. The Kier molecular flexibility index (Phi) is 5.25. The fourth-order valence-corrected chi connectivity index (χ4v) is 2.64. The van der Waals surface area contributed by atoms with Gasteiger partial charge in [0.2, 0.25) is 0 Å². The third-order valence-electron chi connectivity index (χ3n) is 3.89. The largest absolute Gasteiger partial charge is 0.290 e. The van der Waals surface area contributed by atoms with Gasteiger partial charge in [-0.15, -0.1) is 0 Å². The molecule has 7 nitrogen and oxygen atoms in total. The zero-order valence-corrected chi connectivity index (χ0v) is 14.5. The lowest BCUT2D eigenvalue weighted by atomic mass is 10.1. The van der Waals surface area contributed by atoms with E-state index in [2.05, 4.69) is 16.0 Å². The maximum atomic E-state index is 13.2. The first kappa shape index (κ1) is 18.2. The van der Waals surface area contributed by atoms with Gasteiger partial charge >= 0.3 is 0 Å². The van der Waals surface area contributed by atoms with Gasteiger partial charge in [0, 0.05) is 17.5 Å². The standard InChI is InChI=1S/C19H17FN4O3/c1-2-10-24-19(27)15-9-4-3-8-14(15)16(23-24)18(26)22-21-17(25)12-6-5-7-13(20)11-12/h3-9,11H,2,10H2,1H3,(H,21,25)(H,22,26). The minimum Gasteiger partial charge on any atom is -0.267 e. The molecule has 0 radical (unpaired) electrons. The summed E-state index contributed by atoms with van der Waals surface area (Å²) >= 11 is 0. The molecule has 138 valence electrons. The maximum absolute atomic E-state index is 13.2. The van der Waals surface area contributed by atoms with E-state index in [1.54, 1.807) is 24.3 Å². The van der Waals surface area contributed by atoms with E-state index in [-0.39, 0.29) is 16.8 Å². The normalized spacial score (nSPS) is 10.6. The van der Waals surface area contributed by atoms with Crippen molar-refractivity contribution in [2.45, 2.75) is 19.9 Å². The fraction of sp³-hybridized carbons (Fsp3) is 0.158. The average Bonchev–Trinajstić information content (AvgIpc) is 2.68. The number of amides is 2. The predicted octanol–water partition coefficient (Wildman–Crippen LogP) is 2.02. The molecule has 0 spiro atoms. The highest BCUT2D eigenvalue weighted by molar-refractivity contribution is 6.06. The van der Waals surface area contributed by atoms with E-state index in [0.717, 1.165) is 6.07 Å². The summed E-state index contributed by atoms with van der Waals surface area (Å²) in [7, 11) is 0. The van der Waals surface area contributed by atoms with Crippen LogP contribution in [0.4, 0.5) is 4.39 Å². The second kappa shape index (κ2) is 7.77. The molecule has 2 amide bonds. The van der Waals surface area contributed by atoms with Crippen LogP contribution in [0.2, 0.25) is 0 Å². The number of rotatable bonds is 4. The number of nitrogens with one attached hydrogen (secondary N) is 2. The number of carbonyl (C=O) groups is 2. The number of hydrogen-bond donors (Lipinski definition) is 2. The highest BCUT2D eigenvalue weighted by Gasteiger charge is 2.17. The molecule has 3 aromatic rings. The van der Waals surface area contributed by atoms with E-state index < -0.39 is 17.6 Å². The Labute approximate surface area is 153 Å². The first-order chi connectivity index (χ1) is 13.0. The zero-order chi connectivity index (χ0) is 19.4. The lowest BCUT2D eigenvalue weighted by Crippen LogP contribution is -2.42. The summed E-state index contributed by atoms with van der Waals surface area (Å²) in [6.07, 6.45) is 0.669. The van der Waals surface area contributed by atoms with Crippen molar-refractivity contribution in [3.8, 4) is 0 Å². The second-order valence-electron chi connectivity index (χ2n) is 5.84. The third kappa shape index (κ3) is 3.84. The van der Waals surface area contributed by atoms with Gasteiger partial charge in [0.15, 0.2) is 5.69 Å². The molecule has 1 heterocycles. The first-order valence-electron chi connectivity index (χ1n) is 8.37. The Morgan fingerprint density at radius 1 is 1.04 bits per heavy atom. The molecule has 2 N–H and O–H groups in total. The Morgan fingerprint density at radius 2 is 1.74 bits per heavy atom. The van der Waals surface area contributed by atoms with Crippen molar-refractivity contribution < 1.29 is 14.0 Å². The number of aromatic nitrogens is 2. The van der Waals surface area contributed by atoms with Gasteiger partial charge in [-0.3, -0.25) is 25.2 Å². The highest BCUT2D eigenvalue weighted by atomic mass is 19.1. The SMILES string of the molecule is CCCn1nc(C(=O)NNC(=O)c2cccc(F)c2)c2ccccc2c1=O. The minimum atomic E-state index is -0.680. The summed E-state index contributed by atoms with van der Waals surface area (Å²) in [6.45, 7) is 2.25. The van der Waals surface area contributed by atoms with Crippen molar-refractivity contribution in [2.24, 2.45) is 0 Å². The molecule has 8 heteroatoms. The number of fused-ring (bicyclic) bond motifs is 1. The van der Waals surface area contributed by atoms with Gasteiger partial charge in [0.1, 0.15) is 5.82 Å². The van der Waals surface area contributed by atoms with E-state index in [0.29, 0.717) is 23.7 Å². The van der Waals surface area contributed by atoms with Crippen LogP contribution in [0.3, 0.4) is 0 Å². The molecule has 0 aliphatic carbocycles. The quantitative estimate of drug-likeness (QED) is 0.689. The molecule has 27 heavy (non-hydrogen) atoms. The lowest BCUT2D eigenvalue weighted by molar-refractivity contribution is 0.0843. The molecule has 0 aliphatic heterocycles. The third-order valence-corrected chi connectivity index (χ3v) is 3.89. The van der Waals surface area contributed by atoms with Gasteiger partial charge in [-0.05, 0) is 30.7 Å². The molecule has 0 aliphatic rings. The molecule has 0 atom stereocenters. The van der Waals surface area contributed by atoms with E-state index in [1.807, 2.05) is 6.92 Å². The molecule has 2 aromatic carbocycles. The molecule has 0 saturated heterocycles. The van der Waals surface area contributed by atoms with Crippen molar-refractivity contribution in [1.82, 2.24) is 20.6 Å². The van der Waals surface area contributed by atoms with Gasteiger partial charge in [-0.2, -0.15) is 5.10 Å². The summed E-state index contributed by atoms with van der Waals surface area (Å²) in [5.74, 6) is -1.91.